The van der Waals surface area contributed by atoms with E-state index in [9.17, 15) is 4.79 Å². The molecule has 0 bridgehead atoms. The van der Waals surface area contributed by atoms with E-state index in [1.54, 1.807) is 24.3 Å². The van der Waals surface area contributed by atoms with E-state index in [-0.39, 0.29) is 5.91 Å². The standard InChI is InChI=1S/C19H20ClN3O/c1-13(2)23-17-6-4-3-5-16(17)22-18(23)11-12-21-19(24)14-7-9-15(20)10-8-14/h3-10,13H,11-12H2,1-2H3,(H,21,24). The zero-order valence-corrected chi connectivity index (χ0v) is 14.5. The van der Waals surface area contributed by atoms with Crippen LogP contribution in [-0.2, 0) is 6.42 Å². The zero-order chi connectivity index (χ0) is 17.1. The van der Waals surface area contributed by atoms with Gasteiger partial charge in [-0.25, -0.2) is 4.98 Å². The lowest BCUT2D eigenvalue weighted by molar-refractivity contribution is 0.0954. The second-order valence-electron chi connectivity index (χ2n) is 5.99. The predicted octanol–water partition coefficient (Wildman–Crippen LogP) is 4.24. The molecular weight excluding hydrogens is 322 g/mol. The van der Waals surface area contributed by atoms with E-state index in [2.05, 4.69) is 29.8 Å². The predicted molar refractivity (Wildman–Crippen MR) is 97.6 cm³/mol. The Kier molecular flexibility index (Phi) is 4.86. The van der Waals surface area contributed by atoms with Gasteiger partial charge in [0.15, 0.2) is 0 Å². The van der Waals surface area contributed by atoms with Gasteiger partial charge in [-0.05, 0) is 50.2 Å². The number of nitrogens with one attached hydrogen (secondary N) is 1. The third-order valence-corrected chi connectivity index (χ3v) is 4.18. The average molecular weight is 342 g/mol. The number of hydrogen-bond donors (Lipinski definition) is 1. The normalized spacial score (nSPS) is 11.2. The molecule has 1 heterocycles. The first-order valence-electron chi connectivity index (χ1n) is 8.06. The minimum atomic E-state index is -0.0983. The number of amides is 1. The van der Waals surface area contributed by atoms with Crippen molar-refractivity contribution in [2.45, 2.75) is 26.3 Å². The second kappa shape index (κ2) is 7.05. The molecule has 0 aliphatic rings. The van der Waals surface area contributed by atoms with E-state index in [1.807, 2.05) is 18.2 Å². The van der Waals surface area contributed by atoms with Crippen LogP contribution in [0.25, 0.3) is 11.0 Å². The molecule has 0 unspecified atom stereocenters. The molecule has 0 saturated carbocycles. The Labute approximate surface area is 146 Å². The van der Waals surface area contributed by atoms with Crippen LogP contribution in [0, 0.1) is 0 Å². The van der Waals surface area contributed by atoms with E-state index in [1.165, 1.54) is 0 Å². The number of fused-ring (bicyclic) bond motifs is 1. The fourth-order valence-corrected chi connectivity index (χ4v) is 2.96. The highest BCUT2D eigenvalue weighted by molar-refractivity contribution is 6.30. The number of benzene rings is 2. The van der Waals surface area contributed by atoms with Crippen molar-refractivity contribution in [3.63, 3.8) is 0 Å². The molecular formula is C19H20ClN3O. The number of halogens is 1. The van der Waals surface area contributed by atoms with Crippen LogP contribution in [0.1, 0.15) is 36.1 Å². The number of para-hydroxylation sites is 2. The molecule has 0 radical (unpaired) electrons. The summed E-state index contributed by atoms with van der Waals surface area (Å²) < 4.78 is 2.23. The van der Waals surface area contributed by atoms with Crippen molar-refractivity contribution in [2.75, 3.05) is 6.54 Å². The Hall–Kier alpha value is -2.33. The molecule has 0 aliphatic heterocycles. The second-order valence-corrected chi connectivity index (χ2v) is 6.43. The molecule has 1 N–H and O–H groups in total. The zero-order valence-electron chi connectivity index (χ0n) is 13.8. The Morgan fingerprint density at radius 1 is 1.17 bits per heavy atom. The number of carbonyl (C=O) groups excluding carboxylic acids is 1. The van der Waals surface area contributed by atoms with Gasteiger partial charge in [0.1, 0.15) is 5.82 Å². The van der Waals surface area contributed by atoms with Gasteiger partial charge in [-0.2, -0.15) is 0 Å². The minimum Gasteiger partial charge on any atom is -0.352 e. The summed E-state index contributed by atoms with van der Waals surface area (Å²) in [5, 5.41) is 3.56. The van der Waals surface area contributed by atoms with Gasteiger partial charge in [0.2, 0.25) is 0 Å². The van der Waals surface area contributed by atoms with Crippen LogP contribution in [0.2, 0.25) is 5.02 Å². The fraction of sp³-hybridized carbons (Fsp3) is 0.263. The minimum absolute atomic E-state index is 0.0983. The number of imidazole rings is 1. The molecule has 5 heteroatoms. The molecule has 1 amide bonds. The molecule has 0 saturated heterocycles. The van der Waals surface area contributed by atoms with E-state index in [4.69, 9.17) is 16.6 Å². The first-order chi connectivity index (χ1) is 11.6. The van der Waals surface area contributed by atoms with Crippen LogP contribution < -0.4 is 5.32 Å². The summed E-state index contributed by atoms with van der Waals surface area (Å²) >= 11 is 5.84. The first-order valence-corrected chi connectivity index (χ1v) is 8.43. The first kappa shape index (κ1) is 16.5. The number of hydrogen-bond acceptors (Lipinski definition) is 2. The van der Waals surface area contributed by atoms with Crippen molar-refractivity contribution in [1.29, 1.82) is 0 Å². The average Bonchev–Trinajstić information content (AvgIpc) is 2.93. The smallest absolute Gasteiger partial charge is 0.251 e. The largest absolute Gasteiger partial charge is 0.352 e. The summed E-state index contributed by atoms with van der Waals surface area (Å²) in [6, 6.07) is 15.3. The van der Waals surface area contributed by atoms with Gasteiger partial charge in [0, 0.05) is 29.6 Å². The summed E-state index contributed by atoms with van der Waals surface area (Å²) in [6.45, 7) is 4.82. The third-order valence-electron chi connectivity index (χ3n) is 3.93. The summed E-state index contributed by atoms with van der Waals surface area (Å²) in [5.41, 5.74) is 2.73. The molecule has 0 aliphatic carbocycles. The highest BCUT2D eigenvalue weighted by Crippen LogP contribution is 2.21. The van der Waals surface area contributed by atoms with Crippen LogP contribution in [0.4, 0.5) is 0 Å². The Bertz CT molecular complexity index is 853. The van der Waals surface area contributed by atoms with Gasteiger partial charge in [0.25, 0.3) is 5.91 Å². The quantitative estimate of drug-likeness (QED) is 0.754. The third kappa shape index (κ3) is 3.44. The number of carbonyl (C=O) groups is 1. The van der Waals surface area contributed by atoms with Crippen LogP contribution >= 0.6 is 11.6 Å². The van der Waals surface area contributed by atoms with Gasteiger partial charge in [-0.15, -0.1) is 0 Å². The highest BCUT2D eigenvalue weighted by atomic mass is 35.5. The molecule has 124 valence electrons. The summed E-state index contributed by atoms with van der Waals surface area (Å²) in [6.07, 6.45) is 0.687. The topological polar surface area (TPSA) is 46.9 Å². The van der Waals surface area contributed by atoms with Crippen molar-refractivity contribution in [3.8, 4) is 0 Å². The van der Waals surface area contributed by atoms with E-state index < -0.39 is 0 Å². The van der Waals surface area contributed by atoms with Gasteiger partial charge in [-0.1, -0.05) is 23.7 Å². The monoisotopic (exact) mass is 341 g/mol. The van der Waals surface area contributed by atoms with E-state index >= 15 is 0 Å². The van der Waals surface area contributed by atoms with Crippen LogP contribution in [0.15, 0.2) is 48.5 Å². The molecule has 0 spiro atoms. The Morgan fingerprint density at radius 3 is 2.58 bits per heavy atom. The molecule has 3 rings (SSSR count). The van der Waals surface area contributed by atoms with Crippen LogP contribution in [0.5, 0.6) is 0 Å². The molecule has 0 fully saturated rings. The fourth-order valence-electron chi connectivity index (χ4n) is 2.84. The van der Waals surface area contributed by atoms with Crippen molar-refractivity contribution < 1.29 is 4.79 Å². The SMILES string of the molecule is CC(C)n1c(CCNC(=O)c2ccc(Cl)cc2)nc2ccccc21. The van der Waals surface area contributed by atoms with Crippen molar-refractivity contribution in [3.05, 3.63) is 64.9 Å². The maximum atomic E-state index is 12.2. The molecule has 4 nitrogen and oxygen atoms in total. The molecule has 24 heavy (non-hydrogen) atoms. The molecule has 3 aromatic rings. The van der Waals surface area contributed by atoms with Crippen LogP contribution in [0.3, 0.4) is 0 Å². The molecule has 1 aromatic heterocycles. The number of nitrogens with zero attached hydrogens (tertiary/aromatic N) is 2. The Balaban J connectivity index is 1.70. The van der Waals surface area contributed by atoms with E-state index in [0.29, 0.717) is 29.6 Å². The van der Waals surface area contributed by atoms with Gasteiger partial charge in [-0.3, -0.25) is 4.79 Å². The van der Waals surface area contributed by atoms with Crippen LogP contribution in [-0.4, -0.2) is 22.0 Å². The van der Waals surface area contributed by atoms with Gasteiger partial charge < -0.3 is 9.88 Å². The lowest BCUT2D eigenvalue weighted by Crippen LogP contribution is -2.26. The van der Waals surface area contributed by atoms with E-state index in [0.717, 1.165) is 16.9 Å². The lowest BCUT2D eigenvalue weighted by Gasteiger charge is -2.13. The molecule has 2 aromatic carbocycles. The van der Waals surface area contributed by atoms with Crippen molar-refractivity contribution in [2.24, 2.45) is 0 Å². The highest BCUT2D eigenvalue weighted by Gasteiger charge is 2.13. The summed E-state index contributed by atoms with van der Waals surface area (Å²) in [7, 11) is 0. The molecule has 0 atom stereocenters. The maximum absolute atomic E-state index is 12.2. The van der Waals surface area contributed by atoms with Gasteiger partial charge in [0.05, 0.1) is 11.0 Å². The van der Waals surface area contributed by atoms with Crippen molar-refractivity contribution in [1.82, 2.24) is 14.9 Å². The maximum Gasteiger partial charge on any atom is 0.251 e. The van der Waals surface area contributed by atoms with Gasteiger partial charge >= 0.3 is 0 Å². The Morgan fingerprint density at radius 2 is 1.88 bits per heavy atom. The summed E-state index contributed by atoms with van der Waals surface area (Å²) in [5.74, 6) is 0.890. The number of rotatable bonds is 5. The lowest BCUT2D eigenvalue weighted by atomic mass is 10.2. The summed E-state index contributed by atoms with van der Waals surface area (Å²) in [4.78, 5) is 16.9. The number of aromatic nitrogens is 2. The van der Waals surface area contributed by atoms with Crippen molar-refractivity contribution >= 4 is 28.5 Å².